The summed E-state index contributed by atoms with van der Waals surface area (Å²) in [5, 5.41) is 14.1. The lowest BCUT2D eigenvalue weighted by Crippen LogP contribution is -2.11. The number of hydrogen-bond donors (Lipinski definition) is 2. The Morgan fingerprint density at radius 3 is 2.46 bits per heavy atom. The molecule has 0 unspecified atom stereocenters. The van der Waals surface area contributed by atoms with Gasteiger partial charge in [-0.05, 0) is 44.2 Å². The third-order valence-electron chi connectivity index (χ3n) is 3.27. The molecule has 0 saturated heterocycles. The van der Waals surface area contributed by atoms with E-state index in [4.69, 9.17) is 10.5 Å². The standard InChI is InChI=1S/C17H19N3O4/c1-11(2)24-16-8-7-15(20(22)23)9-13(16)10-19-14-5-3-12(4-6-14)17(18)21/h3-9,11,19H,10H2,1-2H3,(H2,18,21). The summed E-state index contributed by atoms with van der Waals surface area (Å²) in [7, 11) is 0. The molecule has 2 aromatic rings. The Bertz CT molecular complexity index is 742. The van der Waals surface area contributed by atoms with Gasteiger partial charge in [0, 0.05) is 35.5 Å². The zero-order chi connectivity index (χ0) is 17.7. The highest BCUT2D eigenvalue weighted by atomic mass is 16.6. The SMILES string of the molecule is CC(C)Oc1ccc([N+](=O)[O-])cc1CNc1ccc(C(N)=O)cc1. The number of non-ortho nitro benzene ring substituents is 1. The lowest BCUT2D eigenvalue weighted by atomic mass is 10.1. The summed E-state index contributed by atoms with van der Waals surface area (Å²) in [4.78, 5) is 21.6. The van der Waals surface area contributed by atoms with Gasteiger partial charge in [0.2, 0.25) is 5.91 Å². The van der Waals surface area contributed by atoms with Gasteiger partial charge in [-0.25, -0.2) is 0 Å². The second-order valence-electron chi connectivity index (χ2n) is 5.51. The normalized spacial score (nSPS) is 10.5. The number of hydrogen-bond acceptors (Lipinski definition) is 5. The molecule has 24 heavy (non-hydrogen) atoms. The minimum Gasteiger partial charge on any atom is -0.491 e. The van der Waals surface area contributed by atoms with Crippen molar-refractivity contribution in [3.05, 3.63) is 63.7 Å². The second kappa shape index (κ2) is 7.45. The Morgan fingerprint density at radius 2 is 1.92 bits per heavy atom. The minimum absolute atomic E-state index is 0.00647. The number of primary amides is 1. The van der Waals surface area contributed by atoms with Crippen LogP contribution in [0.25, 0.3) is 0 Å². The molecule has 0 heterocycles. The van der Waals surface area contributed by atoms with E-state index in [1.54, 1.807) is 30.3 Å². The summed E-state index contributed by atoms with van der Waals surface area (Å²) in [6, 6.07) is 11.2. The maximum Gasteiger partial charge on any atom is 0.270 e. The predicted molar refractivity (Wildman–Crippen MR) is 91.1 cm³/mol. The second-order valence-corrected chi connectivity index (χ2v) is 5.51. The molecule has 1 amide bonds. The van der Waals surface area contributed by atoms with E-state index in [9.17, 15) is 14.9 Å². The van der Waals surface area contributed by atoms with Crippen molar-refractivity contribution < 1.29 is 14.5 Å². The molecule has 0 fully saturated rings. The largest absolute Gasteiger partial charge is 0.491 e. The molecule has 0 aliphatic rings. The number of benzene rings is 2. The van der Waals surface area contributed by atoms with Crippen molar-refractivity contribution in [1.29, 1.82) is 0 Å². The summed E-state index contributed by atoms with van der Waals surface area (Å²) in [6.07, 6.45) is -0.0416. The number of nitro groups is 1. The lowest BCUT2D eigenvalue weighted by molar-refractivity contribution is -0.384. The van der Waals surface area contributed by atoms with Gasteiger partial charge in [0.25, 0.3) is 5.69 Å². The number of ether oxygens (including phenoxy) is 1. The summed E-state index contributed by atoms with van der Waals surface area (Å²) >= 11 is 0. The Morgan fingerprint density at radius 1 is 1.25 bits per heavy atom. The van der Waals surface area contributed by atoms with E-state index in [1.807, 2.05) is 13.8 Å². The fraction of sp³-hybridized carbons (Fsp3) is 0.235. The van der Waals surface area contributed by atoms with E-state index < -0.39 is 10.8 Å². The molecule has 7 heteroatoms. The van der Waals surface area contributed by atoms with Gasteiger partial charge in [-0.15, -0.1) is 0 Å². The molecule has 0 aliphatic carbocycles. The molecule has 2 aromatic carbocycles. The van der Waals surface area contributed by atoms with Crippen LogP contribution >= 0.6 is 0 Å². The van der Waals surface area contributed by atoms with Crippen LogP contribution in [0, 0.1) is 10.1 Å². The molecule has 0 spiro atoms. The average Bonchev–Trinajstić information content (AvgIpc) is 2.53. The first kappa shape index (κ1) is 17.3. The van der Waals surface area contributed by atoms with E-state index in [1.165, 1.54) is 12.1 Å². The van der Waals surface area contributed by atoms with Crippen LogP contribution in [-0.2, 0) is 6.54 Å². The smallest absolute Gasteiger partial charge is 0.270 e. The van der Waals surface area contributed by atoms with Crippen molar-refractivity contribution in [2.75, 3.05) is 5.32 Å². The maximum atomic E-state index is 11.1. The molecule has 3 N–H and O–H groups in total. The Kier molecular flexibility index (Phi) is 5.36. The highest BCUT2D eigenvalue weighted by Gasteiger charge is 2.13. The summed E-state index contributed by atoms with van der Waals surface area (Å²) in [5.41, 5.74) is 7.07. The summed E-state index contributed by atoms with van der Waals surface area (Å²) in [6.45, 7) is 4.13. The number of carbonyl (C=O) groups is 1. The number of anilines is 1. The van der Waals surface area contributed by atoms with Crippen molar-refractivity contribution >= 4 is 17.3 Å². The van der Waals surface area contributed by atoms with Crippen LogP contribution < -0.4 is 15.8 Å². The van der Waals surface area contributed by atoms with Crippen LogP contribution in [0.1, 0.15) is 29.8 Å². The Hall–Kier alpha value is -3.09. The number of nitrogens with zero attached hydrogens (tertiary/aromatic N) is 1. The van der Waals surface area contributed by atoms with E-state index in [2.05, 4.69) is 5.32 Å². The zero-order valence-electron chi connectivity index (χ0n) is 13.5. The van der Waals surface area contributed by atoms with Crippen molar-refractivity contribution in [3.8, 4) is 5.75 Å². The first-order chi connectivity index (χ1) is 11.4. The molecule has 126 valence electrons. The average molecular weight is 329 g/mol. The lowest BCUT2D eigenvalue weighted by Gasteiger charge is -2.15. The van der Waals surface area contributed by atoms with Gasteiger partial charge in [0.15, 0.2) is 0 Å². The fourth-order valence-corrected chi connectivity index (χ4v) is 2.14. The highest BCUT2D eigenvalue weighted by molar-refractivity contribution is 5.93. The van der Waals surface area contributed by atoms with E-state index in [0.717, 1.165) is 5.69 Å². The van der Waals surface area contributed by atoms with Crippen LogP contribution in [0.15, 0.2) is 42.5 Å². The van der Waals surface area contributed by atoms with Crippen molar-refractivity contribution in [3.63, 3.8) is 0 Å². The monoisotopic (exact) mass is 329 g/mol. The predicted octanol–water partition coefficient (Wildman–Crippen LogP) is 3.09. The number of rotatable bonds is 7. The third kappa shape index (κ3) is 4.45. The molecular weight excluding hydrogens is 310 g/mol. The van der Waals surface area contributed by atoms with Gasteiger partial charge in [-0.2, -0.15) is 0 Å². The molecule has 0 aromatic heterocycles. The Labute approximate surface area is 139 Å². The zero-order valence-corrected chi connectivity index (χ0v) is 13.5. The third-order valence-corrected chi connectivity index (χ3v) is 3.27. The van der Waals surface area contributed by atoms with Crippen molar-refractivity contribution in [1.82, 2.24) is 0 Å². The Balaban J connectivity index is 2.18. The van der Waals surface area contributed by atoms with E-state index in [0.29, 0.717) is 23.4 Å². The molecule has 0 bridgehead atoms. The van der Waals surface area contributed by atoms with Crippen LogP contribution in [0.3, 0.4) is 0 Å². The summed E-state index contributed by atoms with van der Waals surface area (Å²) in [5.74, 6) is 0.102. The van der Waals surface area contributed by atoms with Crippen molar-refractivity contribution in [2.24, 2.45) is 5.73 Å². The minimum atomic E-state index is -0.493. The first-order valence-electron chi connectivity index (χ1n) is 7.44. The van der Waals surface area contributed by atoms with Gasteiger partial charge in [-0.3, -0.25) is 14.9 Å². The number of nitro benzene ring substituents is 1. The van der Waals surface area contributed by atoms with Crippen molar-refractivity contribution in [2.45, 2.75) is 26.5 Å². The quantitative estimate of drug-likeness (QED) is 0.599. The summed E-state index contributed by atoms with van der Waals surface area (Å²) < 4.78 is 5.70. The molecule has 0 saturated carbocycles. The topological polar surface area (TPSA) is 107 Å². The van der Waals surface area contributed by atoms with E-state index >= 15 is 0 Å². The molecule has 0 aliphatic heterocycles. The first-order valence-corrected chi connectivity index (χ1v) is 7.44. The van der Waals surface area contributed by atoms with Crippen LogP contribution in [-0.4, -0.2) is 16.9 Å². The van der Waals surface area contributed by atoms with Gasteiger partial charge in [0.05, 0.1) is 11.0 Å². The van der Waals surface area contributed by atoms with Gasteiger partial charge in [-0.1, -0.05) is 0 Å². The molecule has 7 nitrogen and oxygen atoms in total. The maximum absolute atomic E-state index is 11.1. The van der Waals surface area contributed by atoms with Crippen LogP contribution in [0.5, 0.6) is 5.75 Å². The van der Waals surface area contributed by atoms with Gasteiger partial charge < -0.3 is 15.8 Å². The highest BCUT2D eigenvalue weighted by Crippen LogP contribution is 2.26. The van der Waals surface area contributed by atoms with Crippen LogP contribution in [0.4, 0.5) is 11.4 Å². The number of nitrogens with one attached hydrogen (secondary N) is 1. The molecular formula is C17H19N3O4. The molecule has 0 atom stereocenters. The number of nitrogens with two attached hydrogens (primary N) is 1. The molecule has 2 rings (SSSR count). The molecule has 0 radical (unpaired) electrons. The van der Waals surface area contributed by atoms with Gasteiger partial charge in [0.1, 0.15) is 5.75 Å². The fourth-order valence-electron chi connectivity index (χ4n) is 2.14. The van der Waals surface area contributed by atoms with Crippen LogP contribution in [0.2, 0.25) is 0 Å². The number of carbonyl (C=O) groups excluding carboxylic acids is 1. The van der Waals surface area contributed by atoms with E-state index in [-0.39, 0.29) is 11.8 Å². The number of amides is 1. The van der Waals surface area contributed by atoms with Gasteiger partial charge >= 0.3 is 0 Å².